The number of carbonyl (C=O) groups is 1. The standard InChI is InChI=1S/C14H28O4/c1-4-7-8-12(5-2)9-18-13(17)14(6-3,10-15)11-16/h12,15-16H,4-11H2,1-3H3. The summed E-state index contributed by atoms with van der Waals surface area (Å²) in [5, 5.41) is 18.5. The quantitative estimate of drug-likeness (QED) is 0.590. The minimum absolute atomic E-state index is 0.370. The Balaban J connectivity index is 4.28. The Morgan fingerprint density at radius 3 is 2.22 bits per heavy atom. The Morgan fingerprint density at radius 1 is 1.22 bits per heavy atom. The van der Waals surface area contributed by atoms with E-state index in [4.69, 9.17) is 4.74 Å². The van der Waals surface area contributed by atoms with Crippen molar-refractivity contribution in [2.45, 2.75) is 52.9 Å². The predicted octanol–water partition coefficient (Wildman–Crippen LogP) is 2.13. The molecular formula is C14H28O4. The Hall–Kier alpha value is -0.610. The van der Waals surface area contributed by atoms with Crippen LogP contribution < -0.4 is 0 Å². The zero-order chi connectivity index (χ0) is 14.0. The van der Waals surface area contributed by atoms with E-state index in [0.717, 1.165) is 25.7 Å². The van der Waals surface area contributed by atoms with Crippen molar-refractivity contribution in [1.82, 2.24) is 0 Å². The highest BCUT2D eigenvalue weighted by atomic mass is 16.5. The molecule has 0 saturated carbocycles. The molecule has 4 heteroatoms. The molecule has 0 bridgehead atoms. The molecular weight excluding hydrogens is 232 g/mol. The molecule has 0 aromatic heterocycles. The van der Waals surface area contributed by atoms with Crippen molar-refractivity contribution in [1.29, 1.82) is 0 Å². The molecule has 0 rings (SSSR count). The van der Waals surface area contributed by atoms with Crippen molar-refractivity contribution in [2.24, 2.45) is 11.3 Å². The van der Waals surface area contributed by atoms with Crippen molar-refractivity contribution in [3.05, 3.63) is 0 Å². The van der Waals surface area contributed by atoms with E-state index in [9.17, 15) is 15.0 Å². The third kappa shape index (κ3) is 4.94. The minimum atomic E-state index is -1.14. The van der Waals surface area contributed by atoms with Crippen molar-refractivity contribution in [2.75, 3.05) is 19.8 Å². The molecule has 1 atom stereocenters. The van der Waals surface area contributed by atoms with Crippen LogP contribution in [0.4, 0.5) is 0 Å². The summed E-state index contributed by atoms with van der Waals surface area (Å²) in [5.74, 6) is -0.106. The number of aliphatic hydroxyl groups is 2. The number of esters is 1. The number of rotatable bonds is 10. The second kappa shape index (κ2) is 9.34. The average Bonchev–Trinajstić information content (AvgIpc) is 2.41. The van der Waals surface area contributed by atoms with E-state index in [-0.39, 0.29) is 13.2 Å². The Bertz CT molecular complexity index is 216. The normalized spacial score (nSPS) is 13.4. The molecule has 0 aliphatic carbocycles. The summed E-state index contributed by atoms with van der Waals surface area (Å²) in [6, 6.07) is 0. The van der Waals surface area contributed by atoms with Gasteiger partial charge in [0.2, 0.25) is 0 Å². The molecule has 18 heavy (non-hydrogen) atoms. The first-order valence-electron chi connectivity index (χ1n) is 6.99. The van der Waals surface area contributed by atoms with Crippen LogP contribution >= 0.6 is 0 Å². The predicted molar refractivity (Wildman–Crippen MR) is 71.2 cm³/mol. The van der Waals surface area contributed by atoms with E-state index in [0.29, 0.717) is 18.9 Å². The van der Waals surface area contributed by atoms with Gasteiger partial charge in [0.25, 0.3) is 0 Å². The summed E-state index contributed by atoms with van der Waals surface area (Å²) in [4.78, 5) is 11.9. The topological polar surface area (TPSA) is 66.8 Å². The van der Waals surface area contributed by atoms with Crippen LogP contribution in [0.3, 0.4) is 0 Å². The van der Waals surface area contributed by atoms with Crippen LogP contribution in [0, 0.1) is 11.3 Å². The number of hydrogen-bond donors (Lipinski definition) is 2. The lowest BCUT2D eigenvalue weighted by Gasteiger charge is -2.26. The van der Waals surface area contributed by atoms with E-state index in [1.165, 1.54) is 0 Å². The zero-order valence-corrected chi connectivity index (χ0v) is 11.9. The first kappa shape index (κ1) is 17.4. The van der Waals surface area contributed by atoms with Crippen LogP contribution in [0.25, 0.3) is 0 Å². The molecule has 108 valence electrons. The monoisotopic (exact) mass is 260 g/mol. The fraction of sp³-hybridized carbons (Fsp3) is 0.929. The van der Waals surface area contributed by atoms with Crippen LogP contribution in [0.15, 0.2) is 0 Å². The van der Waals surface area contributed by atoms with Gasteiger partial charge in [-0.15, -0.1) is 0 Å². The molecule has 0 spiro atoms. The van der Waals surface area contributed by atoms with E-state index >= 15 is 0 Å². The largest absolute Gasteiger partial charge is 0.465 e. The molecule has 0 radical (unpaired) electrons. The van der Waals surface area contributed by atoms with Crippen LogP contribution in [-0.4, -0.2) is 36.0 Å². The highest BCUT2D eigenvalue weighted by Gasteiger charge is 2.37. The zero-order valence-electron chi connectivity index (χ0n) is 11.9. The Labute approximate surface area is 110 Å². The van der Waals surface area contributed by atoms with Gasteiger partial charge in [0.1, 0.15) is 5.41 Å². The van der Waals surface area contributed by atoms with Crippen molar-refractivity contribution in [3.63, 3.8) is 0 Å². The summed E-state index contributed by atoms with van der Waals surface area (Å²) in [7, 11) is 0. The maximum absolute atomic E-state index is 11.9. The first-order chi connectivity index (χ1) is 8.60. The summed E-state index contributed by atoms with van der Waals surface area (Å²) >= 11 is 0. The van der Waals surface area contributed by atoms with Gasteiger partial charge >= 0.3 is 5.97 Å². The second-order valence-electron chi connectivity index (χ2n) is 4.97. The fourth-order valence-corrected chi connectivity index (χ4v) is 1.79. The van der Waals surface area contributed by atoms with E-state index in [1.54, 1.807) is 6.92 Å². The van der Waals surface area contributed by atoms with Crippen LogP contribution in [0.5, 0.6) is 0 Å². The van der Waals surface area contributed by atoms with Crippen molar-refractivity contribution < 1.29 is 19.7 Å². The lowest BCUT2D eigenvalue weighted by atomic mass is 9.87. The SMILES string of the molecule is CCCCC(CC)COC(=O)C(CC)(CO)CO. The number of carbonyl (C=O) groups excluding carboxylic acids is 1. The maximum atomic E-state index is 11.9. The van der Waals surface area contributed by atoms with Gasteiger partial charge in [0, 0.05) is 0 Å². The number of ether oxygens (including phenoxy) is 1. The smallest absolute Gasteiger partial charge is 0.316 e. The molecule has 4 nitrogen and oxygen atoms in total. The lowest BCUT2D eigenvalue weighted by molar-refractivity contribution is -0.163. The maximum Gasteiger partial charge on any atom is 0.316 e. The Kier molecular flexibility index (Phi) is 9.02. The molecule has 0 amide bonds. The van der Waals surface area contributed by atoms with Gasteiger partial charge in [-0.1, -0.05) is 40.0 Å². The van der Waals surface area contributed by atoms with Gasteiger partial charge in [-0.05, 0) is 18.8 Å². The van der Waals surface area contributed by atoms with Gasteiger partial charge in [0.15, 0.2) is 0 Å². The molecule has 0 saturated heterocycles. The third-order valence-electron chi connectivity index (χ3n) is 3.71. The fourth-order valence-electron chi connectivity index (χ4n) is 1.79. The number of hydrogen-bond acceptors (Lipinski definition) is 4. The van der Waals surface area contributed by atoms with Gasteiger partial charge in [-0.25, -0.2) is 0 Å². The molecule has 0 fully saturated rings. The second-order valence-corrected chi connectivity index (χ2v) is 4.97. The number of unbranched alkanes of at least 4 members (excludes halogenated alkanes) is 1. The summed E-state index contributed by atoms with van der Waals surface area (Å²) in [5.41, 5.74) is -1.14. The lowest BCUT2D eigenvalue weighted by Crippen LogP contribution is -2.40. The number of aliphatic hydroxyl groups excluding tert-OH is 2. The molecule has 0 aromatic carbocycles. The summed E-state index contributed by atoms with van der Waals surface area (Å²) in [6.07, 6.45) is 4.68. The van der Waals surface area contributed by atoms with Crippen LogP contribution in [0.2, 0.25) is 0 Å². The molecule has 2 N–H and O–H groups in total. The van der Waals surface area contributed by atoms with E-state index in [1.807, 2.05) is 0 Å². The molecule has 0 aliphatic rings. The van der Waals surface area contributed by atoms with Crippen molar-refractivity contribution >= 4 is 5.97 Å². The summed E-state index contributed by atoms with van der Waals surface area (Å²) < 4.78 is 5.27. The van der Waals surface area contributed by atoms with Gasteiger partial charge in [-0.3, -0.25) is 4.79 Å². The first-order valence-corrected chi connectivity index (χ1v) is 6.99. The molecule has 0 aliphatic heterocycles. The van der Waals surface area contributed by atoms with Crippen LogP contribution in [0.1, 0.15) is 52.9 Å². The van der Waals surface area contributed by atoms with Crippen molar-refractivity contribution in [3.8, 4) is 0 Å². The highest BCUT2D eigenvalue weighted by Crippen LogP contribution is 2.23. The summed E-state index contributed by atoms with van der Waals surface area (Å²) in [6.45, 7) is 5.63. The van der Waals surface area contributed by atoms with Gasteiger partial charge < -0.3 is 14.9 Å². The van der Waals surface area contributed by atoms with Crippen LogP contribution in [-0.2, 0) is 9.53 Å². The third-order valence-corrected chi connectivity index (χ3v) is 3.71. The van der Waals surface area contributed by atoms with Gasteiger partial charge in [-0.2, -0.15) is 0 Å². The minimum Gasteiger partial charge on any atom is -0.465 e. The molecule has 0 heterocycles. The Morgan fingerprint density at radius 2 is 1.83 bits per heavy atom. The van der Waals surface area contributed by atoms with E-state index < -0.39 is 11.4 Å². The molecule has 1 unspecified atom stereocenters. The average molecular weight is 260 g/mol. The molecule has 0 aromatic rings. The van der Waals surface area contributed by atoms with E-state index in [2.05, 4.69) is 13.8 Å². The van der Waals surface area contributed by atoms with Gasteiger partial charge in [0.05, 0.1) is 19.8 Å². The highest BCUT2D eigenvalue weighted by molar-refractivity contribution is 5.77.